The molecule has 0 saturated carbocycles. The molecule has 5 heteroatoms. The summed E-state index contributed by atoms with van der Waals surface area (Å²) in [5, 5.41) is 10.9. The Kier molecular flexibility index (Phi) is 6.48. The molecular formula is C17H25N5. The maximum Gasteiger partial charge on any atom is 0.191 e. The van der Waals surface area contributed by atoms with Crippen LogP contribution >= 0.6 is 0 Å². The van der Waals surface area contributed by atoms with Crippen molar-refractivity contribution in [3.05, 3.63) is 53.9 Å². The molecular weight excluding hydrogens is 274 g/mol. The predicted octanol–water partition coefficient (Wildman–Crippen LogP) is 2.34. The van der Waals surface area contributed by atoms with Crippen LogP contribution in [0.15, 0.2) is 47.7 Å². The van der Waals surface area contributed by atoms with Crippen molar-refractivity contribution in [1.29, 1.82) is 0 Å². The molecule has 22 heavy (non-hydrogen) atoms. The molecule has 2 rings (SSSR count). The smallest absolute Gasteiger partial charge is 0.191 e. The van der Waals surface area contributed by atoms with E-state index in [-0.39, 0.29) is 0 Å². The summed E-state index contributed by atoms with van der Waals surface area (Å²) >= 11 is 0. The molecule has 0 aliphatic heterocycles. The Balaban J connectivity index is 1.76. The minimum Gasteiger partial charge on any atom is -0.357 e. The summed E-state index contributed by atoms with van der Waals surface area (Å²) in [6.07, 6.45) is 4.96. The number of nitrogens with one attached hydrogen (secondary N) is 2. The highest BCUT2D eigenvalue weighted by Crippen LogP contribution is 2.00. The lowest BCUT2D eigenvalue weighted by atomic mass is 10.2. The Hall–Kier alpha value is -2.30. The average molecular weight is 299 g/mol. The second-order valence-corrected chi connectivity index (χ2v) is 5.24. The normalized spacial score (nSPS) is 11.5. The molecule has 2 N–H and O–H groups in total. The van der Waals surface area contributed by atoms with Crippen LogP contribution in [-0.4, -0.2) is 28.8 Å². The SMILES string of the molecule is CCNC(=NCc1ccccc1)NCCCn1cc(C)cn1. The van der Waals surface area contributed by atoms with Crippen molar-refractivity contribution in [2.75, 3.05) is 13.1 Å². The van der Waals surface area contributed by atoms with E-state index in [1.54, 1.807) is 0 Å². The van der Waals surface area contributed by atoms with Gasteiger partial charge in [0, 0.05) is 25.8 Å². The molecule has 0 aliphatic carbocycles. The van der Waals surface area contributed by atoms with Gasteiger partial charge in [0.2, 0.25) is 0 Å². The molecule has 1 aromatic carbocycles. The van der Waals surface area contributed by atoms with Crippen LogP contribution in [0.25, 0.3) is 0 Å². The molecule has 0 saturated heterocycles. The molecule has 1 aromatic heterocycles. The van der Waals surface area contributed by atoms with E-state index >= 15 is 0 Å². The third kappa shape index (κ3) is 5.60. The molecule has 1 heterocycles. The fourth-order valence-corrected chi connectivity index (χ4v) is 2.13. The van der Waals surface area contributed by atoms with Crippen molar-refractivity contribution in [2.24, 2.45) is 4.99 Å². The molecule has 0 unspecified atom stereocenters. The highest BCUT2D eigenvalue weighted by molar-refractivity contribution is 5.79. The van der Waals surface area contributed by atoms with Crippen molar-refractivity contribution in [3.8, 4) is 0 Å². The first kappa shape index (κ1) is 16.1. The van der Waals surface area contributed by atoms with Crippen LogP contribution in [0, 0.1) is 6.92 Å². The summed E-state index contributed by atoms with van der Waals surface area (Å²) < 4.78 is 1.98. The Morgan fingerprint density at radius 3 is 2.73 bits per heavy atom. The van der Waals surface area contributed by atoms with Crippen LogP contribution in [0.5, 0.6) is 0 Å². The van der Waals surface area contributed by atoms with Crippen molar-refractivity contribution in [1.82, 2.24) is 20.4 Å². The van der Waals surface area contributed by atoms with Gasteiger partial charge in [-0.05, 0) is 31.4 Å². The number of guanidine groups is 1. The highest BCUT2D eigenvalue weighted by atomic mass is 15.3. The van der Waals surface area contributed by atoms with Gasteiger partial charge in [-0.15, -0.1) is 0 Å². The number of benzene rings is 1. The van der Waals surface area contributed by atoms with Crippen molar-refractivity contribution < 1.29 is 0 Å². The lowest BCUT2D eigenvalue weighted by Gasteiger charge is -2.11. The number of nitrogens with zero attached hydrogens (tertiary/aromatic N) is 3. The van der Waals surface area contributed by atoms with Crippen molar-refractivity contribution in [2.45, 2.75) is 33.4 Å². The van der Waals surface area contributed by atoms with Gasteiger partial charge in [-0.25, -0.2) is 4.99 Å². The number of aryl methyl sites for hydroxylation is 2. The van der Waals surface area contributed by atoms with Crippen LogP contribution in [0.4, 0.5) is 0 Å². The molecule has 0 atom stereocenters. The number of aliphatic imine (C=N–C) groups is 1. The summed E-state index contributed by atoms with van der Waals surface area (Å²) in [6.45, 7) is 7.47. The predicted molar refractivity (Wildman–Crippen MR) is 90.8 cm³/mol. The van der Waals surface area contributed by atoms with Gasteiger partial charge >= 0.3 is 0 Å². The Morgan fingerprint density at radius 1 is 1.23 bits per heavy atom. The van der Waals surface area contributed by atoms with Crippen LogP contribution in [0.3, 0.4) is 0 Å². The molecule has 0 bridgehead atoms. The molecule has 0 aliphatic rings. The third-order valence-corrected chi connectivity index (χ3v) is 3.23. The maximum absolute atomic E-state index is 4.60. The Bertz CT molecular complexity index is 574. The number of hydrogen-bond acceptors (Lipinski definition) is 2. The lowest BCUT2D eigenvalue weighted by Crippen LogP contribution is -2.38. The van der Waals surface area contributed by atoms with Crippen LogP contribution in [-0.2, 0) is 13.1 Å². The monoisotopic (exact) mass is 299 g/mol. The number of aromatic nitrogens is 2. The van der Waals surface area contributed by atoms with Crippen LogP contribution in [0.2, 0.25) is 0 Å². The van der Waals surface area contributed by atoms with E-state index in [0.29, 0.717) is 6.54 Å². The zero-order valence-electron chi connectivity index (χ0n) is 13.4. The first-order chi connectivity index (χ1) is 10.8. The van der Waals surface area contributed by atoms with Gasteiger partial charge in [0.05, 0.1) is 12.7 Å². The highest BCUT2D eigenvalue weighted by Gasteiger charge is 1.98. The zero-order chi connectivity index (χ0) is 15.6. The van der Waals surface area contributed by atoms with E-state index in [2.05, 4.69) is 52.9 Å². The van der Waals surface area contributed by atoms with Gasteiger partial charge in [0.25, 0.3) is 0 Å². The molecule has 0 fully saturated rings. The van der Waals surface area contributed by atoms with Gasteiger partial charge in [0.15, 0.2) is 5.96 Å². The first-order valence-electron chi connectivity index (χ1n) is 7.83. The quantitative estimate of drug-likeness (QED) is 0.469. The standard InChI is InChI=1S/C17H25N5/c1-3-18-17(20-13-16-8-5-4-6-9-16)19-10-7-11-22-14-15(2)12-21-22/h4-6,8-9,12,14H,3,7,10-11,13H2,1-2H3,(H2,18,19,20). The van der Waals surface area contributed by atoms with Crippen LogP contribution in [0.1, 0.15) is 24.5 Å². The van der Waals surface area contributed by atoms with E-state index in [1.807, 2.05) is 29.1 Å². The minimum atomic E-state index is 0.689. The van der Waals surface area contributed by atoms with E-state index in [9.17, 15) is 0 Å². The van der Waals surface area contributed by atoms with Gasteiger partial charge in [-0.3, -0.25) is 4.68 Å². The molecule has 118 valence electrons. The average Bonchev–Trinajstić information content (AvgIpc) is 2.95. The topological polar surface area (TPSA) is 54.2 Å². The Morgan fingerprint density at radius 2 is 2.05 bits per heavy atom. The van der Waals surface area contributed by atoms with E-state index in [4.69, 9.17) is 0 Å². The molecule has 0 spiro atoms. The summed E-state index contributed by atoms with van der Waals surface area (Å²) in [4.78, 5) is 4.60. The fraction of sp³-hybridized carbons (Fsp3) is 0.412. The second kappa shape index (κ2) is 8.87. The van der Waals surface area contributed by atoms with Gasteiger partial charge < -0.3 is 10.6 Å². The molecule has 0 radical (unpaired) electrons. The minimum absolute atomic E-state index is 0.689. The van der Waals surface area contributed by atoms with Gasteiger partial charge in [-0.2, -0.15) is 5.10 Å². The summed E-state index contributed by atoms with van der Waals surface area (Å²) in [7, 11) is 0. The van der Waals surface area contributed by atoms with Crippen molar-refractivity contribution >= 4 is 5.96 Å². The molecule has 0 amide bonds. The second-order valence-electron chi connectivity index (χ2n) is 5.24. The maximum atomic E-state index is 4.60. The zero-order valence-corrected chi connectivity index (χ0v) is 13.4. The summed E-state index contributed by atoms with van der Waals surface area (Å²) in [5.74, 6) is 0.864. The molecule has 2 aromatic rings. The molecule has 5 nitrogen and oxygen atoms in total. The summed E-state index contributed by atoms with van der Waals surface area (Å²) in [5.41, 5.74) is 2.41. The largest absolute Gasteiger partial charge is 0.357 e. The van der Waals surface area contributed by atoms with E-state index < -0.39 is 0 Å². The first-order valence-corrected chi connectivity index (χ1v) is 7.83. The van der Waals surface area contributed by atoms with E-state index in [0.717, 1.165) is 32.0 Å². The Labute approximate surface area is 132 Å². The van der Waals surface area contributed by atoms with Gasteiger partial charge in [0.1, 0.15) is 0 Å². The van der Waals surface area contributed by atoms with Crippen LogP contribution < -0.4 is 10.6 Å². The van der Waals surface area contributed by atoms with Gasteiger partial charge in [-0.1, -0.05) is 30.3 Å². The van der Waals surface area contributed by atoms with E-state index in [1.165, 1.54) is 11.1 Å². The lowest BCUT2D eigenvalue weighted by molar-refractivity contribution is 0.570. The summed E-state index contributed by atoms with van der Waals surface area (Å²) in [6, 6.07) is 10.3. The number of rotatable bonds is 7. The fourth-order valence-electron chi connectivity index (χ4n) is 2.13. The third-order valence-electron chi connectivity index (χ3n) is 3.23. The number of hydrogen-bond donors (Lipinski definition) is 2. The van der Waals surface area contributed by atoms with Crippen molar-refractivity contribution in [3.63, 3.8) is 0 Å².